The Morgan fingerprint density at radius 1 is 0.853 bits per heavy atom. The second-order valence-electron chi connectivity index (χ2n) is 11.0. The molecule has 0 saturated heterocycles. The molecule has 2 nitrogen and oxygen atoms in total. The largest absolute Gasteiger partial charge is 0.292 e. The van der Waals surface area contributed by atoms with Gasteiger partial charge in [0.05, 0.1) is 11.6 Å². The summed E-state index contributed by atoms with van der Waals surface area (Å²) in [5.74, 6) is 0. The van der Waals surface area contributed by atoms with Gasteiger partial charge in [-0.25, -0.2) is 0 Å². The second-order valence-corrected chi connectivity index (χ2v) is 11.0. The fourth-order valence-electron chi connectivity index (χ4n) is 5.83. The highest BCUT2D eigenvalue weighted by Crippen LogP contribution is 2.58. The first-order valence-corrected chi connectivity index (χ1v) is 12.4. The van der Waals surface area contributed by atoms with Crippen LogP contribution in [0.1, 0.15) is 82.2 Å². The van der Waals surface area contributed by atoms with E-state index >= 15 is 0 Å². The van der Waals surface area contributed by atoms with Gasteiger partial charge in [0.25, 0.3) is 0 Å². The zero-order valence-corrected chi connectivity index (χ0v) is 21.4. The number of aliphatic imine (C=N–C) groups is 1. The van der Waals surface area contributed by atoms with Crippen LogP contribution in [0, 0.1) is 22.2 Å². The van der Waals surface area contributed by atoms with E-state index in [4.69, 9.17) is 10.3 Å². The zero-order valence-electron chi connectivity index (χ0n) is 21.4. The van der Waals surface area contributed by atoms with Crippen LogP contribution >= 0.6 is 0 Å². The molecule has 0 aliphatic carbocycles. The maximum absolute atomic E-state index is 9.15. The van der Waals surface area contributed by atoms with Crippen LogP contribution < -0.4 is 0 Å². The second kappa shape index (κ2) is 8.88. The van der Waals surface area contributed by atoms with Crippen LogP contribution in [0.3, 0.4) is 0 Å². The van der Waals surface area contributed by atoms with Crippen molar-refractivity contribution in [1.82, 2.24) is 0 Å². The van der Waals surface area contributed by atoms with Crippen LogP contribution in [-0.4, -0.2) is 12.8 Å². The predicted molar refractivity (Wildman–Crippen MR) is 146 cm³/mol. The number of nitrogens with zero attached hydrogens (tertiary/aromatic N) is 2. The lowest BCUT2D eigenvalue weighted by molar-refractivity contribution is 0.0252. The lowest BCUT2D eigenvalue weighted by atomic mass is 9.47. The van der Waals surface area contributed by atoms with Crippen LogP contribution in [0.5, 0.6) is 0 Å². The van der Waals surface area contributed by atoms with Gasteiger partial charge in [-0.1, -0.05) is 103 Å². The van der Waals surface area contributed by atoms with E-state index in [1.165, 1.54) is 16.7 Å². The van der Waals surface area contributed by atoms with Crippen LogP contribution in [0.15, 0.2) is 59.6 Å². The molecule has 0 N–H and O–H groups in total. The molecule has 2 heteroatoms. The Hall–Kier alpha value is -3.18. The van der Waals surface area contributed by atoms with Gasteiger partial charge in [-0.3, -0.25) is 4.99 Å². The summed E-state index contributed by atoms with van der Waals surface area (Å²) in [5.41, 5.74) is 5.96. The lowest BCUT2D eigenvalue weighted by Crippen LogP contribution is -2.56. The standard InChI is InChI=1S/C32H36N2/c1-7-30(3,4)32(31(5,6)8-2)22-34-21-28-16-12-24(19-29(28)32)10-9-23-11-14-27-18-25(20-33)13-15-26(27)17-23/h9-19,21H,7-8,22H2,1-6H3/b10-9+. The SMILES string of the molecule is CCC(C)(C)C1(C(C)(C)CC)CN=Cc2ccc(/C=C/c3ccc4cc(C#N)ccc4c3)cc21. The Kier molecular flexibility index (Phi) is 6.26. The van der Waals surface area contributed by atoms with Crippen molar-refractivity contribution < 1.29 is 0 Å². The molecule has 0 bridgehead atoms. The summed E-state index contributed by atoms with van der Waals surface area (Å²) in [6.45, 7) is 15.1. The fraction of sp³-hybridized carbons (Fsp3) is 0.375. The Morgan fingerprint density at radius 3 is 2.09 bits per heavy atom. The van der Waals surface area contributed by atoms with Gasteiger partial charge >= 0.3 is 0 Å². The van der Waals surface area contributed by atoms with Crippen molar-refractivity contribution in [2.45, 2.75) is 59.8 Å². The zero-order chi connectivity index (χ0) is 24.6. The topological polar surface area (TPSA) is 36.1 Å². The molecule has 0 spiro atoms. The maximum Gasteiger partial charge on any atom is 0.0991 e. The first-order chi connectivity index (χ1) is 16.2. The molecule has 0 amide bonds. The summed E-state index contributed by atoms with van der Waals surface area (Å²) in [4.78, 5) is 4.90. The Balaban J connectivity index is 1.77. The number of fused-ring (bicyclic) bond motifs is 2. The molecule has 0 saturated carbocycles. The highest BCUT2D eigenvalue weighted by molar-refractivity contribution is 5.88. The summed E-state index contributed by atoms with van der Waals surface area (Å²) < 4.78 is 0. The first-order valence-electron chi connectivity index (χ1n) is 12.4. The van der Waals surface area contributed by atoms with Crippen LogP contribution in [0.4, 0.5) is 0 Å². The lowest BCUT2D eigenvalue weighted by Gasteiger charge is -2.57. The van der Waals surface area contributed by atoms with Crippen molar-refractivity contribution in [2.75, 3.05) is 6.54 Å². The molecule has 0 unspecified atom stereocenters. The van der Waals surface area contributed by atoms with E-state index in [-0.39, 0.29) is 16.2 Å². The van der Waals surface area contributed by atoms with Crippen LogP contribution in [-0.2, 0) is 5.41 Å². The summed E-state index contributed by atoms with van der Waals surface area (Å²) in [5, 5.41) is 11.4. The Bertz CT molecular complexity index is 1300. The smallest absolute Gasteiger partial charge is 0.0991 e. The van der Waals surface area contributed by atoms with Crippen molar-refractivity contribution in [3.8, 4) is 6.07 Å². The van der Waals surface area contributed by atoms with Crippen molar-refractivity contribution in [1.29, 1.82) is 5.26 Å². The average Bonchev–Trinajstić information content (AvgIpc) is 2.86. The van der Waals surface area contributed by atoms with Crippen molar-refractivity contribution >= 4 is 29.1 Å². The quantitative estimate of drug-likeness (QED) is 0.349. The molecule has 3 aromatic carbocycles. The van der Waals surface area contributed by atoms with Gasteiger partial charge in [0.1, 0.15) is 0 Å². The van der Waals surface area contributed by atoms with E-state index in [0.29, 0.717) is 5.56 Å². The highest BCUT2D eigenvalue weighted by Gasteiger charge is 2.55. The molecule has 0 fully saturated rings. The van der Waals surface area contributed by atoms with Crippen LogP contribution in [0.25, 0.3) is 22.9 Å². The maximum atomic E-state index is 9.15. The monoisotopic (exact) mass is 448 g/mol. The summed E-state index contributed by atoms with van der Waals surface area (Å²) in [6, 6.07) is 21.3. The van der Waals surface area contributed by atoms with Gasteiger partial charge in [0, 0.05) is 18.2 Å². The van der Waals surface area contributed by atoms with Crippen molar-refractivity contribution in [3.05, 3.63) is 82.4 Å². The number of rotatable bonds is 6. The number of hydrogen-bond acceptors (Lipinski definition) is 2. The molecule has 0 radical (unpaired) electrons. The fourth-order valence-corrected chi connectivity index (χ4v) is 5.83. The molecule has 34 heavy (non-hydrogen) atoms. The third kappa shape index (κ3) is 3.88. The first kappa shape index (κ1) is 24.0. The van der Waals surface area contributed by atoms with E-state index in [1.807, 2.05) is 18.2 Å². The molecule has 1 heterocycles. The minimum absolute atomic E-state index is 0.0289. The summed E-state index contributed by atoms with van der Waals surface area (Å²) >= 11 is 0. The third-order valence-electron chi connectivity index (χ3n) is 8.64. The molecule has 4 rings (SSSR count). The normalized spacial score (nSPS) is 15.4. The molecular weight excluding hydrogens is 412 g/mol. The minimum atomic E-state index is -0.0289. The van der Waals surface area contributed by atoms with Gasteiger partial charge in [-0.15, -0.1) is 0 Å². The van der Waals surface area contributed by atoms with E-state index in [1.54, 1.807) is 0 Å². The van der Waals surface area contributed by atoms with Gasteiger partial charge in [0.2, 0.25) is 0 Å². The van der Waals surface area contributed by atoms with Gasteiger partial charge in [0.15, 0.2) is 0 Å². The Labute approximate surface area is 205 Å². The van der Waals surface area contributed by atoms with Crippen molar-refractivity contribution in [3.63, 3.8) is 0 Å². The van der Waals surface area contributed by atoms with E-state index in [0.717, 1.165) is 35.7 Å². The summed E-state index contributed by atoms with van der Waals surface area (Å²) in [7, 11) is 0. The minimum Gasteiger partial charge on any atom is -0.292 e. The number of hydrogen-bond donors (Lipinski definition) is 0. The molecule has 0 aromatic heterocycles. The highest BCUT2D eigenvalue weighted by atomic mass is 14.8. The van der Waals surface area contributed by atoms with Crippen molar-refractivity contribution in [2.24, 2.45) is 15.8 Å². The van der Waals surface area contributed by atoms with E-state index in [2.05, 4.69) is 102 Å². The van der Waals surface area contributed by atoms with Gasteiger partial charge in [-0.05, 0) is 62.1 Å². The summed E-state index contributed by atoms with van der Waals surface area (Å²) in [6.07, 6.45) is 8.69. The molecule has 174 valence electrons. The molecule has 1 aliphatic rings. The predicted octanol–water partition coefficient (Wildman–Crippen LogP) is 8.42. The molecule has 1 aliphatic heterocycles. The van der Waals surface area contributed by atoms with E-state index in [9.17, 15) is 0 Å². The average molecular weight is 449 g/mol. The number of nitriles is 1. The third-order valence-corrected chi connectivity index (χ3v) is 8.64. The van der Waals surface area contributed by atoms with Gasteiger partial charge in [-0.2, -0.15) is 5.26 Å². The van der Waals surface area contributed by atoms with Gasteiger partial charge < -0.3 is 0 Å². The number of benzene rings is 3. The molecule has 3 aromatic rings. The van der Waals surface area contributed by atoms with E-state index < -0.39 is 0 Å². The Morgan fingerprint density at radius 2 is 1.44 bits per heavy atom. The molecular formula is C32H36N2. The van der Waals surface area contributed by atoms with Crippen LogP contribution in [0.2, 0.25) is 0 Å². The molecule has 0 atom stereocenters.